The second-order valence-corrected chi connectivity index (χ2v) is 3.49. The highest BCUT2D eigenvalue weighted by Gasteiger charge is 2.27. The first-order valence-corrected chi connectivity index (χ1v) is 4.63. The highest BCUT2D eigenvalue weighted by molar-refractivity contribution is 5.31. The lowest BCUT2D eigenvalue weighted by molar-refractivity contribution is 0.619. The van der Waals surface area contributed by atoms with Gasteiger partial charge in [-0.2, -0.15) is 5.10 Å². The van der Waals surface area contributed by atoms with E-state index in [1.54, 1.807) is 6.20 Å². The minimum atomic E-state index is 0.266. The quantitative estimate of drug-likeness (QED) is 0.709. The fourth-order valence-electron chi connectivity index (χ4n) is 1.31. The Morgan fingerprint density at radius 3 is 3.08 bits per heavy atom. The van der Waals surface area contributed by atoms with Gasteiger partial charge in [0.05, 0.1) is 0 Å². The molecule has 1 aromatic rings. The molecule has 1 heterocycles. The molecule has 0 spiro atoms. The Morgan fingerprint density at radius 1 is 1.62 bits per heavy atom. The Balaban J connectivity index is 1.78. The van der Waals surface area contributed by atoms with Gasteiger partial charge in [-0.3, -0.25) is 0 Å². The summed E-state index contributed by atoms with van der Waals surface area (Å²) in [6, 6.07) is 4.02. The Labute approximate surface area is 77.5 Å². The van der Waals surface area contributed by atoms with E-state index in [4.69, 9.17) is 5.73 Å². The van der Waals surface area contributed by atoms with Crippen LogP contribution >= 0.6 is 0 Å². The summed E-state index contributed by atoms with van der Waals surface area (Å²) in [6.45, 7) is 0.795. The molecule has 1 atom stereocenters. The van der Waals surface area contributed by atoms with Crippen molar-refractivity contribution >= 4 is 5.82 Å². The van der Waals surface area contributed by atoms with Crippen LogP contribution in [0.5, 0.6) is 0 Å². The summed E-state index contributed by atoms with van der Waals surface area (Å²) in [6.07, 6.45) is 4.22. The molecule has 0 bridgehead atoms. The summed E-state index contributed by atoms with van der Waals surface area (Å²) in [5.41, 5.74) is 5.92. The molecule has 0 radical (unpaired) electrons. The Kier molecular flexibility index (Phi) is 2.40. The summed E-state index contributed by atoms with van der Waals surface area (Å²) >= 11 is 0. The van der Waals surface area contributed by atoms with Crippen LogP contribution in [0.2, 0.25) is 0 Å². The average Bonchev–Trinajstić information content (AvgIpc) is 2.99. The first-order chi connectivity index (χ1) is 6.36. The second kappa shape index (κ2) is 3.70. The molecule has 1 aliphatic rings. The maximum atomic E-state index is 5.92. The van der Waals surface area contributed by atoms with Gasteiger partial charge in [0.2, 0.25) is 0 Å². The fraction of sp³-hybridized carbons (Fsp3) is 0.556. The summed E-state index contributed by atoms with van der Waals surface area (Å²) < 4.78 is 0. The third kappa shape index (κ3) is 2.39. The molecule has 1 unspecified atom stereocenters. The zero-order valence-corrected chi connectivity index (χ0v) is 7.48. The largest absolute Gasteiger partial charge is 0.367 e. The van der Waals surface area contributed by atoms with E-state index in [0.717, 1.165) is 18.3 Å². The number of nitrogens with zero attached hydrogens (tertiary/aromatic N) is 2. The summed E-state index contributed by atoms with van der Waals surface area (Å²) in [7, 11) is 0. The number of hydrogen-bond donors (Lipinski definition) is 2. The standard InChI is InChI=1S/C9H14N4/c10-8(7-3-4-7)6-11-9-2-1-5-12-13-9/h1-2,5,7-8H,3-4,6,10H2,(H,11,13). The predicted molar refractivity (Wildman–Crippen MR) is 51.2 cm³/mol. The van der Waals surface area contributed by atoms with Crippen LogP contribution in [0, 0.1) is 5.92 Å². The first-order valence-electron chi connectivity index (χ1n) is 4.63. The Morgan fingerprint density at radius 2 is 2.46 bits per heavy atom. The van der Waals surface area contributed by atoms with Gasteiger partial charge in [-0.05, 0) is 30.9 Å². The van der Waals surface area contributed by atoms with Crippen molar-refractivity contribution in [2.24, 2.45) is 11.7 Å². The molecule has 0 aliphatic heterocycles. The lowest BCUT2D eigenvalue weighted by Crippen LogP contribution is -2.31. The van der Waals surface area contributed by atoms with Crippen LogP contribution in [0.25, 0.3) is 0 Å². The smallest absolute Gasteiger partial charge is 0.148 e. The molecule has 1 fully saturated rings. The number of hydrogen-bond acceptors (Lipinski definition) is 4. The van der Waals surface area contributed by atoms with Crippen molar-refractivity contribution in [1.82, 2.24) is 10.2 Å². The third-order valence-corrected chi connectivity index (χ3v) is 2.32. The van der Waals surface area contributed by atoms with E-state index >= 15 is 0 Å². The Bertz CT molecular complexity index is 258. The molecular formula is C9H14N4. The monoisotopic (exact) mass is 178 g/mol. The van der Waals surface area contributed by atoms with E-state index < -0.39 is 0 Å². The number of nitrogens with two attached hydrogens (primary N) is 1. The van der Waals surface area contributed by atoms with Gasteiger partial charge in [-0.25, -0.2) is 0 Å². The summed E-state index contributed by atoms with van der Waals surface area (Å²) in [4.78, 5) is 0. The first kappa shape index (κ1) is 8.44. The van der Waals surface area contributed by atoms with Crippen LogP contribution < -0.4 is 11.1 Å². The van der Waals surface area contributed by atoms with Crippen LogP contribution in [-0.2, 0) is 0 Å². The summed E-state index contributed by atoms with van der Waals surface area (Å²) in [5, 5.41) is 10.9. The minimum absolute atomic E-state index is 0.266. The second-order valence-electron chi connectivity index (χ2n) is 3.49. The topological polar surface area (TPSA) is 63.8 Å². The molecule has 0 aromatic carbocycles. The van der Waals surface area contributed by atoms with Gasteiger partial charge >= 0.3 is 0 Å². The van der Waals surface area contributed by atoms with Crippen LogP contribution in [0.1, 0.15) is 12.8 Å². The molecule has 1 aliphatic carbocycles. The molecule has 70 valence electrons. The summed E-state index contributed by atoms with van der Waals surface area (Å²) in [5.74, 6) is 1.53. The van der Waals surface area contributed by atoms with E-state index in [9.17, 15) is 0 Å². The molecule has 1 aromatic heterocycles. The molecule has 4 heteroatoms. The molecule has 4 nitrogen and oxygen atoms in total. The van der Waals surface area contributed by atoms with Gasteiger partial charge in [0, 0.05) is 18.8 Å². The molecule has 2 rings (SSSR count). The predicted octanol–water partition coefficient (Wildman–Crippen LogP) is 0.626. The normalized spacial score (nSPS) is 18.2. The minimum Gasteiger partial charge on any atom is -0.367 e. The number of anilines is 1. The molecule has 13 heavy (non-hydrogen) atoms. The van der Waals surface area contributed by atoms with Gasteiger partial charge in [0.1, 0.15) is 5.82 Å². The van der Waals surface area contributed by atoms with E-state index in [2.05, 4.69) is 15.5 Å². The third-order valence-electron chi connectivity index (χ3n) is 2.32. The van der Waals surface area contributed by atoms with Crippen LogP contribution in [0.3, 0.4) is 0 Å². The van der Waals surface area contributed by atoms with Crippen molar-refractivity contribution in [2.45, 2.75) is 18.9 Å². The number of rotatable bonds is 4. The van der Waals surface area contributed by atoms with Crippen molar-refractivity contribution in [3.8, 4) is 0 Å². The van der Waals surface area contributed by atoms with Crippen molar-refractivity contribution in [1.29, 1.82) is 0 Å². The van der Waals surface area contributed by atoms with Gasteiger partial charge in [0.25, 0.3) is 0 Å². The van der Waals surface area contributed by atoms with E-state index in [1.165, 1.54) is 12.8 Å². The van der Waals surface area contributed by atoms with Crippen LogP contribution in [0.4, 0.5) is 5.82 Å². The molecule has 0 amide bonds. The lowest BCUT2D eigenvalue weighted by Gasteiger charge is -2.10. The van der Waals surface area contributed by atoms with Crippen molar-refractivity contribution in [2.75, 3.05) is 11.9 Å². The van der Waals surface area contributed by atoms with E-state index in [0.29, 0.717) is 0 Å². The number of aromatic nitrogens is 2. The van der Waals surface area contributed by atoms with Crippen molar-refractivity contribution < 1.29 is 0 Å². The van der Waals surface area contributed by atoms with Crippen molar-refractivity contribution in [3.63, 3.8) is 0 Å². The van der Waals surface area contributed by atoms with Gasteiger partial charge in [-0.15, -0.1) is 5.10 Å². The fourth-order valence-corrected chi connectivity index (χ4v) is 1.31. The van der Waals surface area contributed by atoms with E-state index in [-0.39, 0.29) is 6.04 Å². The van der Waals surface area contributed by atoms with Gasteiger partial charge in [-0.1, -0.05) is 0 Å². The molecule has 0 saturated heterocycles. The SMILES string of the molecule is NC(CNc1cccnn1)C1CC1. The Hall–Kier alpha value is -1.16. The lowest BCUT2D eigenvalue weighted by atomic mass is 10.2. The van der Waals surface area contributed by atoms with Crippen LogP contribution in [0.15, 0.2) is 18.3 Å². The highest BCUT2D eigenvalue weighted by atomic mass is 15.2. The van der Waals surface area contributed by atoms with Crippen molar-refractivity contribution in [3.05, 3.63) is 18.3 Å². The zero-order valence-electron chi connectivity index (χ0n) is 7.48. The maximum absolute atomic E-state index is 5.92. The molecular weight excluding hydrogens is 164 g/mol. The van der Waals surface area contributed by atoms with Crippen LogP contribution in [-0.4, -0.2) is 22.8 Å². The maximum Gasteiger partial charge on any atom is 0.148 e. The average molecular weight is 178 g/mol. The molecule has 1 saturated carbocycles. The van der Waals surface area contributed by atoms with Gasteiger partial charge in [0.15, 0.2) is 0 Å². The zero-order chi connectivity index (χ0) is 9.10. The van der Waals surface area contributed by atoms with Gasteiger partial charge < -0.3 is 11.1 Å². The highest BCUT2D eigenvalue weighted by Crippen LogP contribution is 2.31. The van der Waals surface area contributed by atoms with E-state index in [1.807, 2.05) is 12.1 Å². The molecule has 3 N–H and O–H groups in total. The number of nitrogens with one attached hydrogen (secondary N) is 1.